The molecule has 1 unspecified atom stereocenters. The molecule has 0 aromatic rings. The third-order valence-corrected chi connectivity index (χ3v) is 7.91. The first-order chi connectivity index (χ1) is 10.4. The number of carbonyl (C=O) groups is 1. The Morgan fingerprint density at radius 3 is 2.73 bits per heavy atom. The number of alkyl halides is 1. The molecule has 0 radical (unpaired) electrons. The van der Waals surface area contributed by atoms with Gasteiger partial charge in [0.15, 0.2) is 12.0 Å². The zero-order valence-electron chi connectivity index (χ0n) is 13.6. The van der Waals surface area contributed by atoms with Crippen LogP contribution in [0, 0.1) is 28.6 Å². The monoisotopic (exact) mass is 306 g/mol. The molecule has 4 aliphatic rings. The molecule has 0 aromatic carbocycles. The molecule has 4 aliphatic carbocycles. The molecule has 3 fully saturated rings. The molecule has 3 heteroatoms. The van der Waals surface area contributed by atoms with Gasteiger partial charge in [0.05, 0.1) is 6.10 Å². The van der Waals surface area contributed by atoms with Crippen molar-refractivity contribution in [1.82, 2.24) is 0 Å². The van der Waals surface area contributed by atoms with Gasteiger partial charge in [0.25, 0.3) is 0 Å². The van der Waals surface area contributed by atoms with E-state index in [0.717, 1.165) is 38.5 Å². The second-order valence-corrected chi connectivity index (χ2v) is 8.71. The van der Waals surface area contributed by atoms with Crippen LogP contribution in [0.1, 0.15) is 58.8 Å². The topological polar surface area (TPSA) is 37.3 Å². The fourth-order valence-electron chi connectivity index (χ4n) is 6.55. The average molecular weight is 306 g/mol. The van der Waals surface area contributed by atoms with E-state index in [1.54, 1.807) is 6.08 Å². The van der Waals surface area contributed by atoms with E-state index in [1.165, 1.54) is 5.57 Å². The van der Waals surface area contributed by atoms with E-state index < -0.39 is 6.17 Å². The van der Waals surface area contributed by atoms with Gasteiger partial charge in [-0.2, -0.15) is 0 Å². The Balaban J connectivity index is 1.70. The van der Waals surface area contributed by atoms with Crippen molar-refractivity contribution >= 4 is 5.78 Å². The van der Waals surface area contributed by atoms with Crippen LogP contribution in [0.25, 0.3) is 0 Å². The average Bonchev–Trinajstić information content (AvgIpc) is 2.77. The molecule has 0 heterocycles. The maximum Gasteiger partial charge on any atom is 0.189 e. The van der Waals surface area contributed by atoms with Gasteiger partial charge in [0.2, 0.25) is 0 Å². The highest BCUT2D eigenvalue weighted by Gasteiger charge is 2.59. The Hall–Kier alpha value is -0.700. The first-order valence-electron chi connectivity index (χ1n) is 8.93. The molecule has 4 rings (SSSR count). The highest BCUT2D eigenvalue weighted by Crippen LogP contribution is 2.65. The summed E-state index contributed by atoms with van der Waals surface area (Å²) in [6.45, 7) is 4.46. The molecule has 2 nitrogen and oxygen atoms in total. The Kier molecular flexibility index (Phi) is 3.15. The fourth-order valence-corrected chi connectivity index (χ4v) is 6.55. The van der Waals surface area contributed by atoms with E-state index in [0.29, 0.717) is 24.2 Å². The molecule has 7 atom stereocenters. The Bertz CT molecular complexity index is 542. The van der Waals surface area contributed by atoms with Crippen molar-refractivity contribution in [2.75, 3.05) is 0 Å². The predicted octanol–water partition coefficient (Wildman–Crippen LogP) is 3.83. The number of rotatable bonds is 0. The van der Waals surface area contributed by atoms with Crippen LogP contribution in [0.3, 0.4) is 0 Å². The van der Waals surface area contributed by atoms with Gasteiger partial charge in [-0.15, -0.1) is 0 Å². The normalized spacial score (nSPS) is 54.3. The number of aliphatic hydroxyl groups is 1. The Morgan fingerprint density at radius 1 is 1.18 bits per heavy atom. The van der Waals surface area contributed by atoms with Gasteiger partial charge < -0.3 is 5.11 Å². The molecule has 122 valence electrons. The van der Waals surface area contributed by atoms with Crippen LogP contribution >= 0.6 is 0 Å². The van der Waals surface area contributed by atoms with Crippen LogP contribution in [0.15, 0.2) is 11.6 Å². The summed E-state index contributed by atoms with van der Waals surface area (Å²) in [6, 6.07) is 0. The second-order valence-electron chi connectivity index (χ2n) is 8.71. The fraction of sp³-hybridized carbons (Fsp3) is 0.842. The van der Waals surface area contributed by atoms with E-state index in [9.17, 15) is 14.3 Å². The standard InChI is InChI=1S/C19H27FO2/c1-18-8-7-14-12(13(18)5-6-17(18)22)4-3-11-9-16(21)15(20)10-19(11,14)2/h9,12-15,17,22H,3-8,10H2,1-2H3/t12-,13-,14-,15?,17-,18-,19-/m0/s1. The summed E-state index contributed by atoms with van der Waals surface area (Å²) < 4.78 is 14.1. The van der Waals surface area contributed by atoms with Crippen LogP contribution < -0.4 is 0 Å². The minimum atomic E-state index is -1.31. The van der Waals surface area contributed by atoms with Crippen molar-refractivity contribution in [3.8, 4) is 0 Å². The molecule has 1 N–H and O–H groups in total. The summed E-state index contributed by atoms with van der Waals surface area (Å²) in [5, 5.41) is 10.4. The van der Waals surface area contributed by atoms with Crippen LogP contribution in [0.5, 0.6) is 0 Å². The quantitative estimate of drug-likeness (QED) is 0.738. The molecule has 22 heavy (non-hydrogen) atoms. The Morgan fingerprint density at radius 2 is 1.95 bits per heavy atom. The SMILES string of the molecule is C[C@]12CC[C@H]3[C@@H](CCC4=CC(=O)C(F)C[C@@]43C)[C@@H]1CC[C@@H]2O. The van der Waals surface area contributed by atoms with E-state index in [1.807, 2.05) is 0 Å². The van der Waals surface area contributed by atoms with Gasteiger partial charge in [0.1, 0.15) is 0 Å². The summed E-state index contributed by atoms with van der Waals surface area (Å²) >= 11 is 0. The third-order valence-electron chi connectivity index (χ3n) is 7.91. The van der Waals surface area contributed by atoms with Gasteiger partial charge in [-0.1, -0.05) is 19.4 Å². The van der Waals surface area contributed by atoms with E-state index in [-0.39, 0.29) is 22.7 Å². The minimum absolute atomic E-state index is 0.0678. The zero-order valence-corrected chi connectivity index (χ0v) is 13.6. The first-order valence-corrected chi connectivity index (χ1v) is 8.93. The highest BCUT2D eigenvalue weighted by atomic mass is 19.1. The van der Waals surface area contributed by atoms with E-state index in [4.69, 9.17) is 0 Å². The van der Waals surface area contributed by atoms with E-state index >= 15 is 0 Å². The lowest BCUT2D eigenvalue weighted by Crippen LogP contribution is -2.52. The van der Waals surface area contributed by atoms with E-state index in [2.05, 4.69) is 13.8 Å². The van der Waals surface area contributed by atoms with Gasteiger partial charge in [-0.05, 0) is 79.6 Å². The summed E-state index contributed by atoms with van der Waals surface area (Å²) in [7, 11) is 0. The number of hydrogen-bond acceptors (Lipinski definition) is 2. The molecule has 0 amide bonds. The summed E-state index contributed by atoms with van der Waals surface area (Å²) in [5.41, 5.74) is 1.14. The summed E-state index contributed by atoms with van der Waals surface area (Å²) in [5.74, 6) is 1.35. The zero-order chi connectivity index (χ0) is 15.7. The maximum absolute atomic E-state index is 14.1. The van der Waals surface area contributed by atoms with Crippen LogP contribution in [0.2, 0.25) is 0 Å². The number of halogens is 1. The molecule has 0 aromatic heterocycles. The lowest BCUT2D eigenvalue weighted by atomic mass is 9.47. The number of allylic oxidation sites excluding steroid dienone is 1. The largest absolute Gasteiger partial charge is 0.393 e. The number of aliphatic hydroxyl groups excluding tert-OH is 1. The highest BCUT2D eigenvalue weighted by molar-refractivity contribution is 5.95. The predicted molar refractivity (Wildman–Crippen MR) is 83.0 cm³/mol. The molecular weight excluding hydrogens is 279 g/mol. The van der Waals surface area contributed by atoms with Crippen molar-refractivity contribution in [3.05, 3.63) is 11.6 Å². The van der Waals surface area contributed by atoms with Crippen LogP contribution in [0.4, 0.5) is 4.39 Å². The first kappa shape index (κ1) is 14.9. The van der Waals surface area contributed by atoms with Crippen molar-refractivity contribution < 1.29 is 14.3 Å². The van der Waals surface area contributed by atoms with Crippen molar-refractivity contribution in [3.63, 3.8) is 0 Å². The maximum atomic E-state index is 14.1. The van der Waals surface area contributed by atoms with Gasteiger partial charge in [0, 0.05) is 0 Å². The van der Waals surface area contributed by atoms with Gasteiger partial charge in [-0.3, -0.25) is 4.79 Å². The van der Waals surface area contributed by atoms with Crippen LogP contribution in [-0.2, 0) is 4.79 Å². The van der Waals surface area contributed by atoms with Gasteiger partial charge in [-0.25, -0.2) is 4.39 Å². The molecule has 0 saturated heterocycles. The van der Waals surface area contributed by atoms with Crippen molar-refractivity contribution in [2.24, 2.45) is 28.6 Å². The van der Waals surface area contributed by atoms with Crippen molar-refractivity contribution in [1.29, 1.82) is 0 Å². The van der Waals surface area contributed by atoms with Crippen LogP contribution in [-0.4, -0.2) is 23.2 Å². The minimum Gasteiger partial charge on any atom is -0.393 e. The molecular formula is C19H27FO2. The molecule has 0 bridgehead atoms. The Labute approximate surface area is 132 Å². The lowest BCUT2D eigenvalue weighted by Gasteiger charge is -2.57. The van der Waals surface area contributed by atoms with Gasteiger partial charge >= 0.3 is 0 Å². The smallest absolute Gasteiger partial charge is 0.189 e. The molecule has 0 spiro atoms. The second kappa shape index (κ2) is 4.66. The summed E-state index contributed by atoms with van der Waals surface area (Å²) in [6.07, 6.45) is 6.76. The molecule has 0 aliphatic heterocycles. The number of carbonyl (C=O) groups excluding carboxylic acids is 1. The third kappa shape index (κ3) is 1.78. The number of fused-ring (bicyclic) bond motifs is 5. The number of ketones is 1. The van der Waals surface area contributed by atoms with Crippen molar-refractivity contribution in [2.45, 2.75) is 71.1 Å². The molecule has 3 saturated carbocycles. The lowest BCUT2D eigenvalue weighted by molar-refractivity contribution is -0.124. The number of hydrogen-bond donors (Lipinski definition) is 1. The summed E-state index contributed by atoms with van der Waals surface area (Å²) in [4.78, 5) is 11.7.